The first-order chi connectivity index (χ1) is 12.8. The van der Waals surface area contributed by atoms with E-state index in [2.05, 4.69) is 0 Å². The van der Waals surface area contributed by atoms with Crippen LogP contribution in [0.1, 0.15) is 16.1 Å². The normalized spacial score (nSPS) is 11.5. The quantitative estimate of drug-likeness (QED) is 0.509. The number of furan rings is 1. The fraction of sp³-hybridized carbons (Fsp3) is 0.167. The molecule has 2 aromatic carbocycles. The van der Waals surface area contributed by atoms with Crippen LogP contribution >= 0.6 is 0 Å². The van der Waals surface area contributed by atoms with E-state index in [0.29, 0.717) is 16.7 Å². The molecule has 0 aliphatic rings. The van der Waals surface area contributed by atoms with E-state index < -0.39 is 21.8 Å². The number of hydrogen-bond acceptors (Lipinski definition) is 6. The van der Waals surface area contributed by atoms with Gasteiger partial charge in [0.1, 0.15) is 19.0 Å². The lowest BCUT2D eigenvalue weighted by Crippen LogP contribution is -2.13. The maximum atomic E-state index is 13.7. The Balaban J connectivity index is 1.57. The van der Waals surface area contributed by atoms with Crippen molar-refractivity contribution in [2.45, 2.75) is 11.8 Å². The maximum Gasteiger partial charge on any atom is 0.374 e. The summed E-state index contributed by atoms with van der Waals surface area (Å²) in [5, 5.41) is 5.52. The van der Waals surface area contributed by atoms with Gasteiger partial charge in [0.25, 0.3) is 0 Å². The van der Waals surface area contributed by atoms with Crippen LogP contribution in [0.3, 0.4) is 0 Å². The maximum absolute atomic E-state index is 13.7. The SMILES string of the molecule is Cc1c(C(=O)OCCOc2ccc(S(N)(=O)=O)cc2)oc2c(F)cccc12. The van der Waals surface area contributed by atoms with E-state index in [4.69, 9.17) is 19.0 Å². The monoisotopic (exact) mass is 393 g/mol. The highest BCUT2D eigenvalue weighted by Gasteiger charge is 2.20. The molecule has 0 unspecified atom stereocenters. The Kier molecular flexibility index (Phi) is 5.15. The highest BCUT2D eigenvalue weighted by molar-refractivity contribution is 7.89. The second kappa shape index (κ2) is 7.37. The van der Waals surface area contributed by atoms with Crippen LogP contribution in [0, 0.1) is 12.7 Å². The fourth-order valence-corrected chi connectivity index (χ4v) is 3.00. The smallest absolute Gasteiger partial charge is 0.374 e. The number of halogens is 1. The number of ether oxygens (including phenoxy) is 2. The highest BCUT2D eigenvalue weighted by Crippen LogP contribution is 2.27. The van der Waals surface area contributed by atoms with Gasteiger partial charge < -0.3 is 13.9 Å². The molecule has 3 aromatic rings. The Labute approximate surface area is 154 Å². The zero-order valence-corrected chi connectivity index (χ0v) is 15.1. The van der Waals surface area contributed by atoms with Crippen LogP contribution in [-0.4, -0.2) is 27.6 Å². The second-order valence-electron chi connectivity index (χ2n) is 5.67. The van der Waals surface area contributed by atoms with Crippen LogP contribution < -0.4 is 9.88 Å². The van der Waals surface area contributed by atoms with E-state index in [-0.39, 0.29) is 29.5 Å². The molecule has 0 fully saturated rings. The number of hydrogen-bond donors (Lipinski definition) is 1. The summed E-state index contributed by atoms with van der Waals surface area (Å²) in [6, 6.07) is 9.93. The van der Waals surface area contributed by atoms with Crippen LogP contribution in [0.25, 0.3) is 11.0 Å². The van der Waals surface area contributed by atoms with Crippen molar-refractivity contribution < 1.29 is 31.5 Å². The number of esters is 1. The summed E-state index contributed by atoms with van der Waals surface area (Å²) in [5.41, 5.74) is 0.502. The van der Waals surface area contributed by atoms with Gasteiger partial charge in [0.05, 0.1) is 4.90 Å². The summed E-state index contributed by atoms with van der Waals surface area (Å²) >= 11 is 0. The number of carbonyl (C=O) groups excluding carboxylic acids is 1. The van der Waals surface area contributed by atoms with Gasteiger partial charge in [-0.05, 0) is 37.3 Å². The van der Waals surface area contributed by atoms with Crippen LogP contribution in [0.15, 0.2) is 51.8 Å². The van der Waals surface area contributed by atoms with Gasteiger partial charge >= 0.3 is 5.97 Å². The zero-order chi connectivity index (χ0) is 19.6. The van der Waals surface area contributed by atoms with Crippen molar-refractivity contribution in [3.8, 4) is 5.75 Å². The number of para-hydroxylation sites is 1. The first-order valence-electron chi connectivity index (χ1n) is 7.88. The summed E-state index contributed by atoms with van der Waals surface area (Å²) in [4.78, 5) is 12.1. The van der Waals surface area contributed by atoms with Crippen LogP contribution in [0.2, 0.25) is 0 Å². The van der Waals surface area contributed by atoms with Gasteiger partial charge in [-0.15, -0.1) is 0 Å². The van der Waals surface area contributed by atoms with E-state index in [1.165, 1.54) is 36.4 Å². The minimum absolute atomic E-state index is 0.00754. The molecule has 7 nitrogen and oxygen atoms in total. The largest absolute Gasteiger partial charge is 0.490 e. The van der Waals surface area contributed by atoms with Crippen LogP contribution in [0.4, 0.5) is 4.39 Å². The molecule has 0 amide bonds. The van der Waals surface area contributed by atoms with Gasteiger partial charge in [0, 0.05) is 10.9 Å². The standard InChI is InChI=1S/C18H16FNO6S/c1-11-14-3-2-4-15(19)17(14)26-16(11)18(21)25-10-9-24-12-5-7-13(8-6-12)27(20,22)23/h2-8H,9-10H2,1H3,(H2,20,22,23). The molecule has 0 radical (unpaired) electrons. The third kappa shape index (κ3) is 4.09. The van der Waals surface area contributed by atoms with E-state index in [9.17, 15) is 17.6 Å². The van der Waals surface area contributed by atoms with Crippen molar-refractivity contribution >= 4 is 27.0 Å². The molecule has 1 aromatic heterocycles. The lowest BCUT2D eigenvalue weighted by molar-refractivity contribution is 0.0416. The fourth-order valence-electron chi connectivity index (χ4n) is 2.49. The highest BCUT2D eigenvalue weighted by atomic mass is 32.2. The number of carbonyl (C=O) groups is 1. The number of rotatable bonds is 6. The molecule has 1 heterocycles. The van der Waals surface area contributed by atoms with E-state index >= 15 is 0 Å². The van der Waals surface area contributed by atoms with Crippen molar-refractivity contribution in [1.29, 1.82) is 0 Å². The van der Waals surface area contributed by atoms with Crippen molar-refractivity contribution in [3.63, 3.8) is 0 Å². The van der Waals surface area contributed by atoms with Gasteiger partial charge in [-0.3, -0.25) is 0 Å². The second-order valence-corrected chi connectivity index (χ2v) is 7.23. The lowest BCUT2D eigenvalue weighted by atomic mass is 10.1. The average molecular weight is 393 g/mol. The van der Waals surface area contributed by atoms with E-state index in [0.717, 1.165) is 0 Å². The summed E-state index contributed by atoms with van der Waals surface area (Å²) in [5.74, 6) is -0.953. The lowest BCUT2D eigenvalue weighted by Gasteiger charge is -2.07. The minimum atomic E-state index is -3.77. The van der Waals surface area contributed by atoms with Gasteiger partial charge in [0.15, 0.2) is 11.4 Å². The molecule has 9 heteroatoms. The summed E-state index contributed by atoms with van der Waals surface area (Å²) < 4.78 is 51.8. The summed E-state index contributed by atoms with van der Waals surface area (Å²) in [7, 11) is -3.77. The number of fused-ring (bicyclic) bond motifs is 1. The third-order valence-electron chi connectivity index (χ3n) is 3.84. The van der Waals surface area contributed by atoms with Gasteiger partial charge in [-0.2, -0.15) is 0 Å². The molecule has 0 aliphatic carbocycles. The Morgan fingerprint density at radius 3 is 2.48 bits per heavy atom. The molecule has 2 N–H and O–H groups in total. The first-order valence-corrected chi connectivity index (χ1v) is 9.42. The Morgan fingerprint density at radius 2 is 1.85 bits per heavy atom. The Hall–Kier alpha value is -2.91. The van der Waals surface area contributed by atoms with E-state index in [1.54, 1.807) is 13.0 Å². The molecule has 0 aliphatic heterocycles. The molecule has 3 rings (SSSR count). The van der Waals surface area contributed by atoms with Crippen molar-refractivity contribution in [3.05, 3.63) is 59.6 Å². The van der Waals surface area contributed by atoms with Gasteiger partial charge in [-0.25, -0.2) is 22.7 Å². The van der Waals surface area contributed by atoms with E-state index in [1.807, 2.05) is 0 Å². The molecule has 0 spiro atoms. The molecule has 0 saturated heterocycles. The van der Waals surface area contributed by atoms with Crippen molar-refractivity contribution in [2.75, 3.05) is 13.2 Å². The van der Waals surface area contributed by atoms with Crippen molar-refractivity contribution in [2.24, 2.45) is 5.14 Å². The topological polar surface area (TPSA) is 109 Å². The Bertz CT molecular complexity index is 1090. The molecular weight excluding hydrogens is 377 g/mol. The minimum Gasteiger partial charge on any atom is -0.490 e. The number of nitrogens with two attached hydrogens (primary N) is 1. The predicted molar refractivity (Wildman–Crippen MR) is 94.5 cm³/mol. The summed E-state index contributed by atoms with van der Waals surface area (Å²) in [6.45, 7) is 1.61. The first kappa shape index (κ1) is 18.9. The number of benzene rings is 2. The van der Waals surface area contributed by atoms with Gasteiger partial charge in [0.2, 0.25) is 15.8 Å². The number of primary sulfonamides is 1. The number of sulfonamides is 1. The molecule has 142 valence electrons. The molecule has 27 heavy (non-hydrogen) atoms. The summed E-state index contributed by atoms with van der Waals surface area (Å²) in [6.07, 6.45) is 0. The predicted octanol–water partition coefficient (Wildman–Crippen LogP) is 2.76. The van der Waals surface area contributed by atoms with Crippen LogP contribution in [-0.2, 0) is 14.8 Å². The zero-order valence-electron chi connectivity index (χ0n) is 14.3. The molecule has 0 saturated carbocycles. The molecule has 0 bridgehead atoms. The van der Waals surface area contributed by atoms with Gasteiger partial charge in [-0.1, -0.05) is 12.1 Å². The molecular formula is C18H16FNO6S. The van der Waals surface area contributed by atoms with Crippen molar-refractivity contribution in [1.82, 2.24) is 0 Å². The third-order valence-corrected chi connectivity index (χ3v) is 4.77. The number of aryl methyl sites for hydroxylation is 1. The average Bonchev–Trinajstić information content (AvgIpc) is 2.97. The Morgan fingerprint density at radius 1 is 1.15 bits per heavy atom. The molecule has 0 atom stereocenters. The van der Waals surface area contributed by atoms with Crippen LogP contribution in [0.5, 0.6) is 5.75 Å².